The first kappa shape index (κ1) is 24.6. The first-order chi connectivity index (χ1) is 15.1. The van der Waals surface area contributed by atoms with E-state index in [1.165, 1.54) is 23.4 Å². The van der Waals surface area contributed by atoms with Gasteiger partial charge in [-0.2, -0.15) is 0 Å². The van der Waals surface area contributed by atoms with Crippen molar-refractivity contribution in [3.05, 3.63) is 71.5 Å². The molecule has 0 amide bonds. The van der Waals surface area contributed by atoms with Crippen molar-refractivity contribution in [1.82, 2.24) is 9.55 Å². The number of rotatable bonds is 4. The number of carbonyl (C=O) groups is 1. The lowest BCUT2D eigenvalue weighted by molar-refractivity contribution is -0.124. The van der Waals surface area contributed by atoms with Crippen LogP contribution in [0.4, 0.5) is 0 Å². The van der Waals surface area contributed by atoms with Crippen molar-refractivity contribution in [2.45, 2.75) is 73.6 Å². The van der Waals surface area contributed by atoms with Crippen LogP contribution < -0.4 is 0 Å². The first-order valence-corrected chi connectivity index (χ1v) is 11.9. The molecule has 2 heterocycles. The van der Waals surface area contributed by atoms with Gasteiger partial charge >= 0.3 is 0 Å². The maximum Gasteiger partial charge on any atom is 0.137 e. The molecule has 0 aliphatic heterocycles. The largest absolute Gasteiger partial charge is 0.303 e. The van der Waals surface area contributed by atoms with E-state index in [-0.39, 0.29) is 5.92 Å². The molecule has 1 unspecified atom stereocenters. The quantitative estimate of drug-likeness (QED) is 0.439. The van der Waals surface area contributed by atoms with Crippen LogP contribution in [0.2, 0.25) is 0 Å². The summed E-state index contributed by atoms with van der Waals surface area (Å²) in [6, 6.07) is 19.0. The fourth-order valence-electron chi connectivity index (χ4n) is 4.11. The Kier molecular flexibility index (Phi) is 9.71. The zero-order valence-electron chi connectivity index (χ0n) is 20.1. The van der Waals surface area contributed by atoms with Crippen molar-refractivity contribution in [2.24, 2.45) is 5.92 Å². The van der Waals surface area contributed by atoms with Crippen LogP contribution in [0, 0.1) is 19.8 Å². The molecular weight excluding hydrogens is 380 g/mol. The number of aromatic nitrogens is 2. The SMILES string of the molecule is CC.CC.Cc1ccc(C)n1-c1cccc(-c2ccc(CC3CCCCC3=O)cc2)n1. The van der Waals surface area contributed by atoms with Gasteiger partial charge in [-0.25, -0.2) is 4.98 Å². The standard InChI is InChI=1S/C24H26N2O.2C2H6/c1-17-10-11-18(2)26(17)24-9-5-7-22(25-24)20-14-12-19(13-15-20)16-21-6-3-4-8-23(21)27;2*1-2/h5,7,9-15,21H,3-4,6,8,16H2,1-2H3;2*1-2H3. The molecule has 3 heteroatoms. The van der Waals surface area contributed by atoms with Crippen molar-refractivity contribution in [2.75, 3.05) is 0 Å². The number of aryl methyl sites for hydroxylation is 2. The number of carbonyl (C=O) groups excluding carboxylic acids is 1. The number of Topliss-reactive ketones (excluding diaryl/α,β-unsaturated/α-hetero) is 1. The highest BCUT2D eigenvalue weighted by molar-refractivity contribution is 5.81. The summed E-state index contributed by atoms with van der Waals surface area (Å²) in [6.45, 7) is 12.2. The lowest BCUT2D eigenvalue weighted by Crippen LogP contribution is -2.20. The van der Waals surface area contributed by atoms with E-state index in [1.54, 1.807) is 0 Å². The molecule has 0 bridgehead atoms. The third-order valence-corrected chi connectivity index (χ3v) is 5.65. The van der Waals surface area contributed by atoms with Crippen LogP contribution in [-0.2, 0) is 11.2 Å². The summed E-state index contributed by atoms with van der Waals surface area (Å²) in [5.41, 5.74) is 5.69. The van der Waals surface area contributed by atoms with Gasteiger partial charge in [0.05, 0.1) is 5.69 Å². The summed E-state index contributed by atoms with van der Waals surface area (Å²) in [5, 5.41) is 0. The average Bonchev–Trinajstić information content (AvgIpc) is 3.16. The van der Waals surface area contributed by atoms with Crippen LogP contribution in [0.1, 0.15) is 70.3 Å². The Labute approximate surface area is 188 Å². The zero-order valence-corrected chi connectivity index (χ0v) is 20.1. The minimum absolute atomic E-state index is 0.214. The number of pyridine rings is 1. The predicted octanol–water partition coefficient (Wildman–Crippen LogP) is 7.51. The van der Waals surface area contributed by atoms with Crippen LogP contribution >= 0.6 is 0 Å². The molecule has 1 aliphatic rings. The van der Waals surface area contributed by atoms with Gasteiger partial charge in [-0.3, -0.25) is 4.79 Å². The summed E-state index contributed by atoms with van der Waals surface area (Å²) in [7, 11) is 0. The molecule has 166 valence electrons. The molecule has 3 nitrogen and oxygen atoms in total. The maximum atomic E-state index is 12.1. The van der Waals surface area contributed by atoms with E-state index in [2.05, 4.69) is 66.9 Å². The van der Waals surface area contributed by atoms with Gasteiger partial charge < -0.3 is 4.57 Å². The minimum atomic E-state index is 0.214. The van der Waals surface area contributed by atoms with E-state index in [1.807, 2.05) is 33.8 Å². The smallest absolute Gasteiger partial charge is 0.137 e. The van der Waals surface area contributed by atoms with Gasteiger partial charge in [0.2, 0.25) is 0 Å². The van der Waals surface area contributed by atoms with Crippen LogP contribution in [0.5, 0.6) is 0 Å². The van der Waals surface area contributed by atoms with Crippen LogP contribution in [-0.4, -0.2) is 15.3 Å². The van der Waals surface area contributed by atoms with Crippen LogP contribution in [0.3, 0.4) is 0 Å². The van der Waals surface area contributed by atoms with E-state index in [0.717, 1.165) is 42.8 Å². The number of nitrogens with zero attached hydrogens (tertiary/aromatic N) is 2. The number of hydrogen-bond acceptors (Lipinski definition) is 2. The normalized spacial score (nSPS) is 15.4. The highest BCUT2D eigenvalue weighted by Crippen LogP contribution is 2.26. The van der Waals surface area contributed by atoms with E-state index in [4.69, 9.17) is 4.98 Å². The van der Waals surface area contributed by atoms with Gasteiger partial charge in [0, 0.05) is 29.3 Å². The summed E-state index contributed by atoms with van der Waals surface area (Å²) >= 11 is 0. The Morgan fingerprint density at radius 3 is 2.13 bits per heavy atom. The van der Waals surface area contributed by atoms with E-state index in [0.29, 0.717) is 5.78 Å². The summed E-state index contributed by atoms with van der Waals surface area (Å²) in [6.07, 6.45) is 4.92. The van der Waals surface area contributed by atoms with Crippen LogP contribution in [0.25, 0.3) is 17.1 Å². The molecule has 4 rings (SSSR count). The molecule has 0 saturated heterocycles. The molecule has 1 atom stereocenters. The zero-order chi connectivity index (χ0) is 22.8. The van der Waals surface area contributed by atoms with Crippen molar-refractivity contribution >= 4 is 5.78 Å². The van der Waals surface area contributed by atoms with Crippen molar-refractivity contribution in [3.8, 4) is 17.1 Å². The molecule has 1 aromatic carbocycles. The third-order valence-electron chi connectivity index (χ3n) is 5.65. The topological polar surface area (TPSA) is 34.9 Å². The Morgan fingerprint density at radius 1 is 0.871 bits per heavy atom. The van der Waals surface area contributed by atoms with Gasteiger partial charge in [-0.1, -0.05) is 64.4 Å². The molecule has 1 saturated carbocycles. The molecule has 0 spiro atoms. The summed E-state index contributed by atoms with van der Waals surface area (Å²) in [5.74, 6) is 1.60. The van der Waals surface area contributed by atoms with Gasteiger partial charge in [-0.05, 0) is 62.9 Å². The molecule has 3 aromatic rings. The molecule has 31 heavy (non-hydrogen) atoms. The van der Waals surface area contributed by atoms with E-state index < -0.39 is 0 Å². The monoisotopic (exact) mass is 418 g/mol. The lowest BCUT2D eigenvalue weighted by Gasteiger charge is -2.20. The Hall–Kier alpha value is -2.68. The average molecular weight is 419 g/mol. The molecule has 0 radical (unpaired) electrons. The van der Waals surface area contributed by atoms with Crippen molar-refractivity contribution in [3.63, 3.8) is 0 Å². The number of hydrogen-bond donors (Lipinski definition) is 0. The maximum absolute atomic E-state index is 12.1. The number of benzene rings is 1. The molecule has 2 aromatic heterocycles. The Morgan fingerprint density at radius 2 is 1.52 bits per heavy atom. The van der Waals surface area contributed by atoms with E-state index in [9.17, 15) is 4.79 Å². The van der Waals surface area contributed by atoms with Gasteiger partial charge in [-0.15, -0.1) is 0 Å². The van der Waals surface area contributed by atoms with Gasteiger partial charge in [0.25, 0.3) is 0 Å². The van der Waals surface area contributed by atoms with Gasteiger partial charge in [0.1, 0.15) is 11.6 Å². The summed E-state index contributed by atoms with van der Waals surface area (Å²) in [4.78, 5) is 17.0. The second kappa shape index (κ2) is 12.2. The third kappa shape index (κ3) is 6.16. The fourth-order valence-corrected chi connectivity index (χ4v) is 4.11. The minimum Gasteiger partial charge on any atom is -0.303 e. The first-order valence-electron chi connectivity index (χ1n) is 11.9. The molecule has 0 N–H and O–H groups in total. The van der Waals surface area contributed by atoms with E-state index >= 15 is 0 Å². The van der Waals surface area contributed by atoms with Crippen molar-refractivity contribution in [1.29, 1.82) is 0 Å². The van der Waals surface area contributed by atoms with Crippen LogP contribution in [0.15, 0.2) is 54.6 Å². The Bertz CT molecular complexity index is 934. The summed E-state index contributed by atoms with van der Waals surface area (Å²) < 4.78 is 2.17. The molecule has 1 aliphatic carbocycles. The predicted molar refractivity (Wildman–Crippen MR) is 132 cm³/mol. The molecule has 1 fully saturated rings. The fraction of sp³-hybridized carbons (Fsp3) is 0.429. The molecular formula is C28H38N2O. The highest BCUT2D eigenvalue weighted by atomic mass is 16.1. The second-order valence-corrected chi connectivity index (χ2v) is 7.64. The number of ketones is 1. The lowest BCUT2D eigenvalue weighted by atomic mass is 9.83. The highest BCUT2D eigenvalue weighted by Gasteiger charge is 2.22. The van der Waals surface area contributed by atoms with Gasteiger partial charge in [0.15, 0.2) is 0 Å². The second-order valence-electron chi connectivity index (χ2n) is 7.64. The Balaban J connectivity index is 0.000000807. The van der Waals surface area contributed by atoms with Crippen molar-refractivity contribution < 1.29 is 4.79 Å².